The van der Waals surface area contributed by atoms with Crippen molar-refractivity contribution in [2.75, 3.05) is 0 Å². The van der Waals surface area contributed by atoms with Crippen LogP contribution in [0.5, 0.6) is 0 Å². The van der Waals surface area contributed by atoms with E-state index in [1.54, 1.807) is 16.8 Å². The zero-order valence-electron chi connectivity index (χ0n) is 7.06. The van der Waals surface area contributed by atoms with Crippen molar-refractivity contribution in [1.82, 2.24) is 14.8 Å². The maximum absolute atomic E-state index is 10.1. The highest BCUT2D eigenvalue weighted by atomic mass is 16.1. The summed E-state index contributed by atoms with van der Waals surface area (Å²) in [4.78, 5) is 14.2. The molecule has 0 fully saturated rings. The number of carbonyl (C=O) groups excluding carboxylic acids is 1. The van der Waals surface area contributed by atoms with Gasteiger partial charge in [0.15, 0.2) is 5.65 Å². The van der Waals surface area contributed by atoms with E-state index in [2.05, 4.69) is 10.1 Å². The molecule has 4 nitrogen and oxygen atoms in total. The zero-order valence-corrected chi connectivity index (χ0v) is 7.06. The first-order valence-corrected chi connectivity index (χ1v) is 3.80. The Kier molecular flexibility index (Phi) is 1.69. The fraction of sp³-hybridized carbons (Fsp3) is 0.111. The Morgan fingerprint density at radius 3 is 3.23 bits per heavy atom. The van der Waals surface area contributed by atoms with E-state index in [1.807, 2.05) is 19.3 Å². The number of nitrogens with zero attached hydrogens (tertiary/aromatic N) is 3. The minimum atomic E-state index is 0.686. The SMILES string of the molecule is Cn1cc2cc(C=C=O)cnc2n1. The van der Waals surface area contributed by atoms with Crippen LogP contribution in [0.1, 0.15) is 5.56 Å². The van der Waals surface area contributed by atoms with Crippen molar-refractivity contribution in [3.8, 4) is 0 Å². The summed E-state index contributed by atoms with van der Waals surface area (Å²) in [5, 5.41) is 5.03. The van der Waals surface area contributed by atoms with Gasteiger partial charge in [-0.15, -0.1) is 0 Å². The van der Waals surface area contributed by atoms with E-state index in [1.165, 1.54) is 6.08 Å². The standard InChI is InChI=1S/C9H7N3O/c1-12-6-8-4-7(2-3-13)5-10-9(8)11-12/h2,4-6H,1H3. The summed E-state index contributed by atoms with van der Waals surface area (Å²) in [5.41, 5.74) is 1.43. The lowest BCUT2D eigenvalue weighted by molar-refractivity contribution is 0.570. The summed E-state index contributed by atoms with van der Waals surface area (Å²) < 4.78 is 1.69. The molecule has 0 aliphatic heterocycles. The molecule has 4 heteroatoms. The Morgan fingerprint density at radius 1 is 1.62 bits per heavy atom. The molecule has 2 rings (SSSR count). The second kappa shape index (κ2) is 2.84. The molecule has 0 N–H and O–H groups in total. The predicted octanol–water partition coefficient (Wildman–Crippen LogP) is 0.813. The molecular weight excluding hydrogens is 166 g/mol. The third-order valence-corrected chi connectivity index (χ3v) is 1.72. The van der Waals surface area contributed by atoms with Gasteiger partial charge in [-0.3, -0.25) is 4.68 Å². The third-order valence-electron chi connectivity index (χ3n) is 1.72. The molecular formula is C9H7N3O. The van der Waals surface area contributed by atoms with Gasteiger partial charge < -0.3 is 0 Å². The Bertz CT molecular complexity index is 495. The summed E-state index contributed by atoms with van der Waals surface area (Å²) in [7, 11) is 1.83. The average Bonchev–Trinajstić information content (AvgIpc) is 2.44. The van der Waals surface area contributed by atoms with Crippen LogP contribution in [0.25, 0.3) is 17.1 Å². The largest absolute Gasteiger partial charge is 0.273 e. The summed E-state index contributed by atoms with van der Waals surface area (Å²) in [6, 6.07) is 1.85. The molecule has 0 spiro atoms. The minimum Gasteiger partial charge on any atom is -0.273 e. The highest BCUT2D eigenvalue weighted by Gasteiger charge is 1.99. The van der Waals surface area contributed by atoms with Crippen molar-refractivity contribution in [1.29, 1.82) is 0 Å². The van der Waals surface area contributed by atoms with Crippen LogP contribution >= 0.6 is 0 Å². The summed E-state index contributed by atoms with van der Waals surface area (Å²) in [5.74, 6) is 1.71. The van der Waals surface area contributed by atoms with Gasteiger partial charge in [-0.2, -0.15) is 5.10 Å². The lowest BCUT2D eigenvalue weighted by Crippen LogP contribution is -1.85. The monoisotopic (exact) mass is 173 g/mol. The molecule has 0 radical (unpaired) electrons. The lowest BCUT2D eigenvalue weighted by atomic mass is 10.2. The van der Waals surface area contributed by atoms with Crippen molar-refractivity contribution < 1.29 is 4.79 Å². The third kappa shape index (κ3) is 1.35. The number of hydrogen-bond acceptors (Lipinski definition) is 3. The van der Waals surface area contributed by atoms with Crippen molar-refractivity contribution in [3.05, 3.63) is 24.0 Å². The van der Waals surface area contributed by atoms with E-state index in [4.69, 9.17) is 0 Å². The van der Waals surface area contributed by atoms with Gasteiger partial charge in [-0.25, -0.2) is 9.78 Å². The van der Waals surface area contributed by atoms with Crippen LogP contribution < -0.4 is 0 Å². The Labute approximate surface area is 74.5 Å². The van der Waals surface area contributed by atoms with Gasteiger partial charge in [0.05, 0.1) is 0 Å². The molecule has 2 heterocycles. The number of hydrogen-bond donors (Lipinski definition) is 0. The van der Waals surface area contributed by atoms with Gasteiger partial charge in [-0.1, -0.05) is 0 Å². The van der Waals surface area contributed by atoms with E-state index in [-0.39, 0.29) is 0 Å². The van der Waals surface area contributed by atoms with E-state index >= 15 is 0 Å². The number of rotatable bonds is 1. The minimum absolute atomic E-state index is 0.686. The van der Waals surface area contributed by atoms with Crippen LogP contribution in [0, 0.1) is 0 Å². The van der Waals surface area contributed by atoms with Crippen LogP contribution in [-0.2, 0) is 11.8 Å². The van der Waals surface area contributed by atoms with Crippen molar-refractivity contribution >= 4 is 23.1 Å². The van der Waals surface area contributed by atoms with Crippen LogP contribution in [0.4, 0.5) is 0 Å². The van der Waals surface area contributed by atoms with E-state index in [0.29, 0.717) is 5.65 Å². The molecule has 13 heavy (non-hydrogen) atoms. The Balaban J connectivity index is 2.67. The van der Waals surface area contributed by atoms with Crippen molar-refractivity contribution in [2.24, 2.45) is 7.05 Å². The second-order valence-corrected chi connectivity index (χ2v) is 2.75. The highest BCUT2D eigenvalue weighted by molar-refractivity contribution is 5.81. The van der Waals surface area contributed by atoms with Gasteiger partial charge >= 0.3 is 0 Å². The Hall–Kier alpha value is -1.93. The van der Waals surface area contributed by atoms with Crippen LogP contribution in [0.2, 0.25) is 0 Å². The fourth-order valence-corrected chi connectivity index (χ4v) is 1.20. The quantitative estimate of drug-likeness (QED) is 0.599. The maximum Gasteiger partial charge on any atom is 0.181 e. The molecule has 0 aliphatic carbocycles. The Morgan fingerprint density at radius 2 is 2.46 bits per heavy atom. The van der Waals surface area contributed by atoms with Gasteiger partial charge in [0, 0.05) is 36.5 Å². The zero-order chi connectivity index (χ0) is 9.26. The van der Waals surface area contributed by atoms with Gasteiger partial charge in [-0.05, 0) is 6.07 Å². The molecule has 0 bridgehead atoms. The van der Waals surface area contributed by atoms with E-state index in [9.17, 15) is 4.79 Å². The second-order valence-electron chi connectivity index (χ2n) is 2.75. The lowest BCUT2D eigenvalue weighted by Gasteiger charge is -1.88. The van der Waals surface area contributed by atoms with Crippen molar-refractivity contribution in [3.63, 3.8) is 0 Å². The number of pyridine rings is 1. The molecule has 64 valence electrons. The summed E-state index contributed by atoms with van der Waals surface area (Å²) >= 11 is 0. The summed E-state index contributed by atoms with van der Waals surface area (Å²) in [6.07, 6.45) is 4.80. The topological polar surface area (TPSA) is 47.8 Å². The predicted molar refractivity (Wildman–Crippen MR) is 48.7 cm³/mol. The fourth-order valence-electron chi connectivity index (χ4n) is 1.20. The first-order chi connectivity index (χ1) is 6.29. The number of fused-ring (bicyclic) bond motifs is 1. The van der Waals surface area contributed by atoms with Crippen molar-refractivity contribution in [2.45, 2.75) is 0 Å². The number of aromatic nitrogens is 3. The smallest absolute Gasteiger partial charge is 0.181 e. The van der Waals surface area contributed by atoms with E-state index in [0.717, 1.165) is 10.9 Å². The molecule has 0 aliphatic rings. The molecule has 0 atom stereocenters. The van der Waals surface area contributed by atoms with Crippen LogP contribution in [-0.4, -0.2) is 20.7 Å². The summed E-state index contributed by atoms with van der Waals surface area (Å²) in [6.45, 7) is 0. The molecule has 0 saturated heterocycles. The van der Waals surface area contributed by atoms with Crippen LogP contribution in [0.15, 0.2) is 18.5 Å². The van der Waals surface area contributed by atoms with Gasteiger partial charge in [0.25, 0.3) is 0 Å². The molecule has 0 amide bonds. The maximum atomic E-state index is 10.1. The van der Waals surface area contributed by atoms with Gasteiger partial charge in [0.2, 0.25) is 0 Å². The average molecular weight is 173 g/mol. The molecule has 2 aromatic rings. The molecule has 0 saturated carbocycles. The highest BCUT2D eigenvalue weighted by Crippen LogP contribution is 2.11. The molecule has 0 aromatic carbocycles. The van der Waals surface area contributed by atoms with E-state index < -0.39 is 0 Å². The first kappa shape index (κ1) is 7.71. The molecule has 0 unspecified atom stereocenters. The molecule has 2 aromatic heterocycles. The van der Waals surface area contributed by atoms with Gasteiger partial charge in [0.1, 0.15) is 5.94 Å². The first-order valence-electron chi connectivity index (χ1n) is 3.80. The number of aryl methyl sites for hydroxylation is 1. The van der Waals surface area contributed by atoms with Crippen LogP contribution in [0.3, 0.4) is 0 Å². The normalized spacial score (nSPS) is 9.92.